The number of ether oxygens (including phenoxy) is 1. The van der Waals surface area contributed by atoms with Gasteiger partial charge in [0.25, 0.3) is 0 Å². The van der Waals surface area contributed by atoms with Gasteiger partial charge in [-0.25, -0.2) is 13.2 Å². The Morgan fingerprint density at radius 3 is 2.05 bits per heavy atom. The van der Waals surface area contributed by atoms with E-state index in [1.54, 1.807) is 18.2 Å². The number of hydrogen-bond acceptors (Lipinski definition) is 1. The van der Waals surface area contributed by atoms with E-state index in [4.69, 9.17) is 0 Å². The summed E-state index contributed by atoms with van der Waals surface area (Å²) in [5, 5.41) is 0.688. The summed E-state index contributed by atoms with van der Waals surface area (Å²) in [5.41, 5.74) is 2.34. The van der Waals surface area contributed by atoms with Gasteiger partial charge in [-0.15, -0.1) is 13.2 Å². The van der Waals surface area contributed by atoms with Crippen LogP contribution in [0.5, 0.6) is 5.75 Å². The topological polar surface area (TPSA) is 9.23 Å². The Kier molecular flexibility index (Phi) is 7.77. The number of fused-ring (bicyclic) bond motifs is 1. The molecule has 0 radical (unpaired) electrons. The van der Waals surface area contributed by atoms with Gasteiger partial charge in [-0.05, 0) is 65.8 Å². The summed E-state index contributed by atoms with van der Waals surface area (Å²) in [5.74, 6) is 0.601. The maximum atomic E-state index is 15.2. The molecule has 0 spiro atoms. The highest BCUT2D eigenvalue weighted by atomic mass is 19.4. The number of halogens is 6. The molecule has 0 fully saturated rings. The van der Waals surface area contributed by atoms with Crippen LogP contribution >= 0.6 is 0 Å². The average molecular weight is 512 g/mol. The van der Waals surface area contributed by atoms with E-state index in [-0.39, 0.29) is 16.5 Å². The van der Waals surface area contributed by atoms with E-state index >= 15 is 4.39 Å². The summed E-state index contributed by atoms with van der Waals surface area (Å²) >= 11 is 0. The predicted octanol–water partition coefficient (Wildman–Crippen LogP) is 8.96. The third-order valence-electron chi connectivity index (χ3n) is 5.86. The van der Waals surface area contributed by atoms with Crippen LogP contribution < -0.4 is 4.74 Å². The predicted molar refractivity (Wildman–Crippen MR) is 132 cm³/mol. The normalized spacial score (nSPS) is 11.3. The fraction of sp³-hybridized carbons (Fsp3) is 0.200. The van der Waals surface area contributed by atoms with Gasteiger partial charge in [0, 0.05) is 22.1 Å². The first-order valence-electron chi connectivity index (χ1n) is 11.7. The molecule has 0 amide bonds. The lowest BCUT2D eigenvalue weighted by molar-refractivity contribution is -0.276. The zero-order chi connectivity index (χ0) is 26.6. The van der Waals surface area contributed by atoms with Crippen molar-refractivity contribution in [3.63, 3.8) is 0 Å². The number of benzene rings is 4. The van der Waals surface area contributed by atoms with E-state index in [0.29, 0.717) is 23.1 Å². The number of aryl methyl sites for hydroxylation is 1. The van der Waals surface area contributed by atoms with Gasteiger partial charge in [-0.2, -0.15) is 0 Å². The first kappa shape index (κ1) is 26.2. The second-order valence-electron chi connectivity index (χ2n) is 8.58. The molecule has 0 unspecified atom stereocenters. The maximum Gasteiger partial charge on any atom is 0.573 e. The minimum Gasteiger partial charge on any atom is -0.399 e. The highest BCUT2D eigenvalue weighted by Crippen LogP contribution is 2.35. The van der Waals surface area contributed by atoms with Gasteiger partial charge >= 0.3 is 6.36 Å². The molecule has 4 rings (SSSR count). The largest absolute Gasteiger partial charge is 0.573 e. The fourth-order valence-corrected chi connectivity index (χ4v) is 4.00. The van der Waals surface area contributed by atoms with Crippen LogP contribution in [-0.2, 0) is 6.42 Å². The molecule has 37 heavy (non-hydrogen) atoms. The number of alkyl halides is 3. The van der Waals surface area contributed by atoms with Crippen molar-refractivity contribution in [3.8, 4) is 28.7 Å². The molecule has 1 nitrogen and oxygen atoms in total. The van der Waals surface area contributed by atoms with E-state index in [2.05, 4.69) is 35.6 Å². The highest BCUT2D eigenvalue weighted by molar-refractivity contribution is 5.89. The molecular formula is C30H22F6O. The zero-order valence-electron chi connectivity index (χ0n) is 19.9. The van der Waals surface area contributed by atoms with E-state index < -0.39 is 29.6 Å². The Bertz CT molecular complexity index is 1450. The van der Waals surface area contributed by atoms with Crippen LogP contribution in [0.3, 0.4) is 0 Å². The van der Waals surface area contributed by atoms with Crippen molar-refractivity contribution in [2.24, 2.45) is 0 Å². The minimum absolute atomic E-state index is 0.165. The standard InChI is InChI=1S/C30H22F6O/c1-2-3-4-5-19-6-8-20(9-7-19)10-11-21-12-14-24-22(16-21)13-15-25(28(24)33)23-17-26(31)29(27(32)18-23)37-30(34,35)36/h6-9,12-18H,2-5H2,1H3. The molecule has 0 N–H and O–H groups in total. The second-order valence-corrected chi connectivity index (χ2v) is 8.58. The molecule has 0 aliphatic heterocycles. The van der Waals surface area contributed by atoms with E-state index in [1.165, 1.54) is 30.5 Å². The van der Waals surface area contributed by atoms with Gasteiger partial charge < -0.3 is 4.74 Å². The molecule has 0 aromatic heterocycles. The minimum atomic E-state index is -5.27. The zero-order valence-corrected chi connectivity index (χ0v) is 19.9. The molecule has 190 valence electrons. The third-order valence-corrected chi connectivity index (χ3v) is 5.86. The Labute approximate surface area is 210 Å². The van der Waals surface area contributed by atoms with Gasteiger partial charge in [-0.1, -0.05) is 61.9 Å². The van der Waals surface area contributed by atoms with Gasteiger partial charge in [0.1, 0.15) is 5.82 Å². The molecule has 0 bridgehead atoms. The summed E-state index contributed by atoms with van der Waals surface area (Å²) in [6.07, 6.45) is -0.715. The lowest BCUT2D eigenvalue weighted by Gasteiger charge is -2.13. The molecule has 0 saturated heterocycles. The van der Waals surface area contributed by atoms with Crippen LogP contribution in [0, 0.1) is 29.3 Å². The molecule has 0 aliphatic rings. The summed E-state index contributed by atoms with van der Waals surface area (Å²) in [6, 6.07) is 16.9. The van der Waals surface area contributed by atoms with Crippen LogP contribution in [0.4, 0.5) is 26.3 Å². The highest BCUT2D eigenvalue weighted by Gasteiger charge is 2.34. The van der Waals surface area contributed by atoms with Crippen LogP contribution in [0.1, 0.15) is 42.9 Å². The smallest absolute Gasteiger partial charge is 0.399 e. The second kappa shape index (κ2) is 11.0. The Morgan fingerprint density at radius 1 is 0.757 bits per heavy atom. The van der Waals surface area contributed by atoms with E-state index in [9.17, 15) is 22.0 Å². The average Bonchev–Trinajstić information content (AvgIpc) is 2.85. The van der Waals surface area contributed by atoms with E-state index in [0.717, 1.165) is 18.4 Å². The maximum absolute atomic E-state index is 15.2. The molecule has 0 aliphatic carbocycles. The molecular weight excluding hydrogens is 490 g/mol. The van der Waals surface area contributed by atoms with Crippen molar-refractivity contribution in [2.45, 2.75) is 39.0 Å². The summed E-state index contributed by atoms with van der Waals surface area (Å²) in [4.78, 5) is 0. The van der Waals surface area contributed by atoms with Crippen LogP contribution in [0.25, 0.3) is 21.9 Å². The monoisotopic (exact) mass is 512 g/mol. The number of hydrogen-bond donors (Lipinski definition) is 0. The number of unbranched alkanes of at least 4 members (excludes halogenated alkanes) is 2. The molecule has 0 heterocycles. The van der Waals surface area contributed by atoms with Crippen LogP contribution in [0.15, 0.2) is 66.7 Å². The summed E-state index contributed by atoms with van der Waals surface area (Å²) < 4.78 is 84.1. The summed E-state index contributed by atoms with van der Waals surface area (Å²) in [6.45, 7) is 2.17. The van der Waals surface area contributed by atoms with Crippen molar-refractivity contribution in [1.29, 1.82) is 0 Å². The van der Waals surface area contributed by atoms with Crippen molar-refractivity contribution in [2.75, 3.05) is 0 Å². The van der Waals surface area contributed by atoms with Crippen LogP contribution in [0.2, 0.25) is 0 Å². The van der Waals surface area contributed by atoms with Crippen molar-refractivity contribution in [1.82, 2.24) is 0 Å². The van der Waals surface area contributed by atoms with Gasteiger partial charge in [0.15, 0.2) is 11.6 Å². The number of rotatable bonds is 6. The molecule has 7 heteroatoms. The molecule has 0 saturated carbocycles. The Balaban J connectivity index is 1.58. The van der Waals surface area contributed by atoms with Gasteiger partial charge in [0.05, 0.1) is 0 Å². The first-order valence-corrected chi connectivity index (χ1v) is 11.7. The van der Waals surface area contributed by atoms with Gasteiger partial charge in [0.2, 0.25) is 5.75 Å². The lowest BCUT2D eigenvalue weighted by Crippen LogP contribution is -2.19. The lowest BCUT2D eigenvalue weighted by atomic mass is 9.98. The molecule has 0 atom stereocenters. The quantitative estimate of drug-likeness (QED) is 0.142. The van der Waals surface area contributed by atoms with Crippen molar-refractivity contribution in [3.05, 3.63) is 101 Å². The van der Waals surface area contributed by atoms with Crippen molar-refractivity contribution < 1.29 is 31.1 Å². The molecule has 4 aromatic rings. The van der Waals surface area contributed by atoms with Crippen LogP contribution in [-0.4, -0.2) is 6.36 Å². The Hall–Kier alpha value is -3.92. The first-order chi connectivity index (χ1) is 17.6. The Morgan fingerprint density at radius 2 is 1.41 bits per heavy atom. The third kappa shape index (κ3) is 6.45. The SMILES string of the molecule is CCCCCc1ccc(C#Cc2ccc3c(F)c(-c4cc(F)c(OC(F)(F)F)c(F)c4)ccc3c2)cc1. The van der Waals surface area contributed by atoms with Crippen molar-refractivity contribution >= 4 is 10.8 Å². The van der Waals surface area contributed by atoms with Gasteiger partial charge in [-0.3, -0.25) is 0 Å². The summed E-state index contributed by atoms with van der Waals surface area (Å²) in [7, 11) is 0. The van der Waals surface area contributed by atoms with E-state index in [1.807, 2.05) is 12.1 Å². The molecule has 4 aromatic carbocycles. The fourth-order valence-electron chi connectivity index (χ4n) is 4.00.